The Balaban J connectivity index is 2.06. The van der Waals surface area contributed by atoms with E-state index in [-0.39, 0.29) is 0 Å². The van der Waals surface area contributed by atoms with Crippen LogP contribution in [0, 0.1) is 5.92 Å². The van der Waals surface area contributed by atoms with Crippen LogP contribution in [0.5, 0.6) is 0 Å². The van der Waals surface area contributed by atoms with Gasteiger partial charge >= 0.3 is 0 Å². The third-order valence-corrected chi connectivity index (χ3v) is 3.32. The van der Waals surface area contributed by atoms with Crippen LogP contribution in [0.1, 0.15) is 19.7 Å². The Kier molecular flexibility index (Phi) is 3.56. The first-order valence-corrected chi connectivity index (χ1v) is 5.97. The molecule has 16 heavy (non-hydrogen) atoms. The minimum Gasteiger partial charge on any atom is -0.318 e. The molecule has 2 heterocycles. The summed E-state index contributed by atoms with van der Waals surface area (Å²) in [5, 5.41) is 11.4. The van der Waals surface area contributed by atoms with E-state index >= 15 is 0 Å². The lowest BCUT2D eigenvalue weighted by molar-refractivity contribution is 0.118. The van der Waals surface area contributed by atoms with E-state index in [4.69, 9.17) is 0 Å². The zero-order valence-corrected chi connectivity index (χ0v) is 10.3. The molecule has 0 saturated carbocycles. The zero-order chi connectivity index (χ0) is 11.5. The summed E-state index contributed by atoms with van der Waals surface area (Å²) >= 11 is 0. The fourth-order valence-electron chi connectivity index (χ4n) is 2.36. The lowest BCUT2D eigenvalue weighted by Crippen LogP contribution is -2.48. The predicted octanol–water partition coefficient (Wildman–Crippen LogP) is 0.338. The minimum atomic E-state index is 0.579. The molecule has 0 spiro atoms. The number of nitrogens with zero attached hydrogens (tertiary/aromatic N) is 4. The monoisotopic (exact) mass is 223 g/mol. The van der Waals surface area contributed by atoms with E-state index in [0.29, 0.717) is 12.0 Å². The smallest absolute Gasteiger partial charge is 0.147 e. The van der Waals surface area contributed by atoms with Gasteiger partial charge < -0.3 is 9.88 Å². The lowest BCUT2D eigenvalue weighted by Gasteiger charge is -2.36. The van der Waals surface area contributed by atoms with Gasteiger partial charge in [-0.3, -0.25) is 4.90 Å². The summed E-state index contributed by atoms with van der Waals surface area (Å²) in [7, 11) is 2.02. The van der Waals surface area contributed by atoms with Crippen molar-refractivity contribution in [3.8, 4) is 0 Å². The van der Waals surface area contributed by atoms with Crippen molar-refractivity contribution in [2.45, 2.75) is 33.0 Å². The van der Waals surface area contributed by atoms with Crippen LogP contribution in [0.25, 0.3) is 0 Å². The molecule has 0 aliphatic carbocycles. The fraction of sp³-hybridized carbons (Fsp3) is 0.818. The summed E-state index contributed by atoms with van der Waals surface area (Å²) in [6, 6.07) is 0.579. The average Bonchev–Trinajstić information content (AvgIpc) is 2.72. The lowest BCUT2D eigenvalue weighted by atomic mass is 10.0. The summed E-state index contributed by atoms with van der Waals surface area (Å²) < 4.78 is 2.15. The Labute approximate surface area is 96.8 Å². The number of hydrogen-bond acceptors (Lipinski definition) is 4. The number of nitrogens with one attached hydrogen (secondary N) is 1. The van der Waals surface area contributed by atoms with Gasteiger partial charge in [0, 0.05) is 25.7 Å². The third-order valence-electron chi connectivity index (χ3n) is 3.32. The van der Waals surface area contributed by atoms with Crippen molar-refractivity contribution in [2.24, 2.45) is 5.92 Å². The molecule has 1 unspecified atom stereocenters. The maximum absolute atomic E-state index is 4.16. The SMILES string of the molecule is CNCC(C(C)C)N1CCn2cnnc2C1. The van der Waals surface area contributed by atoms with E-state index in [0.717, 1.165) is 32.0 Å². The van der Waals surface area contributed by atoms with Crippen molar-refractivity contribution in [2.75, 3.05) is 20.1 Å². The van der Waals surface area contributed by atoms with Gasteiger partial charge in [-0.05, 0) is 13.0 Å². The summed E-state index contributed by atoms with van der Waals surface area (Å²) in [4.78, 5) is 2.51. The molecule has 5 nitrogen and oxygen atoms in total. The normalized spacial score (nSPS) is 18.8. The van der Waals surface area contributed by atoms with Crippen LogP contribution in [-0.4, -0.2) is 45.8 Å². The predicted molar refractivity (Wildman–Crippen MR) is 63.0 cm³/mol. The van der Waals surface area contributed by atoms with Crippen LogP contribution in [0.3, 0.4) is 0 Å². The Hall–Kier alpha value is -0.940. The van der Waals surface area contributed by atoms with Crippen LogP contribution < -0.4 is 5.32 Å². The molecule has 0 bridgehead atoms. The van der Waals surface area contributed by atoms with E-state index in [9.17, 15) is 0 Å². The van der Waals surface area contributed by atoms with E-state index < -0.39 is 0 Å². The van der Waals surface area contributed by atoms with Crippen LogP contribution in [-0.2, 0) is 13.1 Å². The number of fused-ring (bicyclic) bond motifs is 1. The van der Waals surface area contributed by atoms with Crippen molar-refractivity contribution in [3.05, 3.63) is 12.2 Å². The molecule has 0 radical (unpaired) electrons. The highest BCUT2D eigenvalue weighted by molar-refractivity contribution is 4.92. The van der Waals surface area contributed by atoms with E-state index in [1.54, 1.807) is 0 Å². The number of rotatable bonds is 4. The summed E-state index contributed by atoms with van der Waals surface area (Å²) in [5.41, 5.74) is 0. The van der Waals surface area contributed by atoms with Gasteiger partial charge in [0.05, 0.1) is 6.54 Å². The molecule has 1 aliphatic rings. The molecule has 1 aromatic heterocycles. The second-order valence-corrected chi connectivity index (χ2v) is 4.78. The highest BCUT2D eigenvalue weighted by Crippen LogP contribution is 2.17. The topological polar surface area (TPSA) is 46.0 Å². The molecular weight excluding hydrogens is 202 g/mol. The van der Waals surface area contributed by atoms with Crippen LogP contribution >= 0.6 is 0 Å². The molecule has 0 aromatic carbocycles. The maximum Gasteiger partial charge on any atom is 0.147 e. The van der Waals surface area contributed by atoms with Gasteiger partial charge in [0.15, 0.2) is 0 Å². The largest absolute Gasteiger partial charge is 0.318 e. The standard InChI is InChI=1S/C11H21N5/c1-9(2)10(6-12-3)15-4-5-16-8-13-14-11(16)7-15/h8-10,12H,4-7H2,1-3H3. The molecule has 90 valence electrons. The number of aromatic nitrogens is 3. The van der Waals surface area contributed by atoms with E-state index in [1.807, 2.05) is 13.4 Å². The van der Waals surface area contributed by atoms with Crippen molar-refractivity contribution < 1.29 is 0 Å². The van der Waals surface area contributed by atoms with Crippen molar-refractivity contribution in [3.63, 3.8) is 0 Å². The molecule has 0 saturated heterocycles. The van der Waals surface area contributed by atoms with Crippen molar-refractivity contribution in [1.82, 2.24) is 25.0 Å². The van der Waals surface area contributed by atoms with Crippen LogP contribution in [0.4, 0.5) is 0 Å². The molecule has 0 fully saturated rings. The first-order chi connectivity index (χ1) is 7.72. The fourth-order valence-corrected chi connectivity index (χ4v) is 2.36. The van der Waals surface area contributed by atoms with Gasteiger partial charge in [-0.2, -0.15) is 0 Å². The third kappa shape index (κ3) is 2.25. The first kappa shape index (κ1) is 11.5. The molecule has 5 heteroatoms. The van der Waals surface area contributed by atoms with Crippen LogP contribution in [0.2, 0.25) is 0 Å². The van der Waals surface area contributed by atoms with Gasteiger partial charge in [0.2, 0.25) is 0 Å². The Morgan fingerprint density at radius 1 is 1.44 bits per heavy atom. The van der Waals surface area contributed by atoms with Gasteiger partial charge in [-0.1, -0.05) is 13.8 Å². The van der Waals surface area contributed by atoms with Gasteiger partial charge in [-0.15, -0.1) is 10.2 Å². The zero-order valence-electron chi connectivity index (χ0n) is 10.3. The molecule has 1 N–H and O–H groups in total. The van der Waals surface area contributed by atoms with Gasteiger partial charge in [0.25, 0.3) is 0 Å². The number of hydrogen-bond donors (Lipinski definition) is 1. The first-order valence-electron chi connectivity index (χ1n) is 5.97. The Bertz CT molecular complexity index is 333. The van der Waals surface area contributed by atoms with Crippen molar-refractivity contribution in [1.29, 1.82) is 0 Å². The summed E-state index contributed by atoms with van der Waals surface area (Å²) in [5.74, 6) is 1.75. The van der Waals surface area contributed by atoms with Gasteiger partial charge in [-0.25, -0.2) is 0 Å². The highest BCUT2D eigenvalue weighted by Gasteiger charge is 2.25. The Morgan fingerprint density at radius 2 is 2.25 bits per heavy atom. The molecule has 1 atom stereocenters. The van der Waals surface area contributed by atoms with Gasteiger partial charge in [0.1, 0.15) is 12.2 Å². The Morgan fingerprint density at radius 3 is 2.94 bits per heavy atom. The van der Waals surface area contributed by atoms with Crippen molar-refractivity contribution >= 4 is 0 Å². The maximum atomic E-state index is 4.16. The quantitative estimate of drug-likeness (QED) is 0.799. The summed E-state index contributed by atoms with van der Waals surface area (Å²) in [6.45, 7) is 8.61. The molecule has 1 aliphatic heterocycles. The molecule has 0 amide bonds. The summed E-state index contributed by atoms with van der Waals surface area (Å²) in [6.07, 6.45) is 1.83. The van der Waals surface area contributed by atoms with E-state index in [1.165, 1.54) is 0 Å². The second kappa shape index (κ2) is 4.93. The van der Waals surface area contributed by atoms with Crippen LogP contribution in [0.15, 0.2) is 6.33 Å². The average molecular weight is 223 g/mol. The highest BCUT2D eigenvalue weighted by atomic mass is 15.3. The molecule has 2 rings (SSSR count). The van der Waals surface area contributed by atoms with E-state index in [2.05, 4.69) is 38.8 Å². The number of likely N-dealkylation sites (N-methyl/N-ethyl adjacent to an activating group) is 1. The molecule has 1 aromatic rings. The minimum absolute atomic E-state index is 0.579. The molecular formula is C11H21N5. The second-order valence-electron chi connectivity index (χ2n) is 4.78.